The van der Waals surface area contributed by atoms with Crippen molar-refractivity contribution in [1.29, 1.82) is 0 Å². The molecule has 12 heavy (non-hydrogen) atoms. The first-order valence-corrected chi connectivity index (χ1v) is 4.46. The molecule has 2 heteroatoms. The van der Waals surface area contributed by atoms with Gasteiger partial charge in [0.25, 0.3) is 0 Å². The van der Waals surface area contributed by atoms with Crippen molar-refractivity contribution in [2.45, 2.75) is 20.8 Å². The minimum absolute atomic E-state index is 0.845. The Morgan fingerprint density at radius 2 is 2.00 bits per heavy atom. The number of rotatable bonds is 1. The second-order valence-electron chi connectivity index (χ2n) is 2.14. The molecule has 0 radical (unpaired) electrons. The summed E-state index contributed by atoms with van der Waals surface area (Å²) < 4.78 is 2.00. The van der Waals surface area contributed by atoms with E-state index in [0.29, 0.717) is 0 Å². The maximum atomic E-state index is 4.27. The van der Waals surface area contributed by atoms with Crippen molar-refractivity contribution in [2.24, 2.45) is 12.0 Å². The van der Waals surface area contributed by atoms with E-state index in [9.17, 15) is 0 Å². The molecule has 0 aliphatic heterocycles. The fraction of sp³-hybridized carbons (Fsp3) is 0.500. The summed E-state index contributed by atoms with van der Waals surface area (Å²) in [5, 5.41) is 0. The van der Waals surface area contributed by atoms with Gasteiger partial charge in [0, 0.05) is 19.8 Å². The van der Waals surface area contributed by atoms with Crippen molar-refractivity contribution in [3.8, 4) is 0 Å². The molecular weight excluding hydrogens is 148 g/mol. The molecule has 0 aromatic carbocycles. The van der Waals surface area contributed by atoms with Crippen LogP contribution < -0.4 is 5.49 Å². The zero-order chi connectivity index (χ0) is 9.40. The summed E-state index contributed by atoms with van der Waals surface area (Å²) in [7, 11) is 1.99. The third-order valence-corrected chi connectivity index (χ3v) is 1.35. The highest BCUT2D eigenvalue weighted by atomic mass is 15.0. The van der Waals surface area contributed by atoms with Gasteiger partial charge in [0.05, 0.1) is 0 Å². The van der Waals surface area contributed by atoms with Gasteiger partial charge in [0.15, 0.2) is 0 Å². The Bertz CT molecular complexity index is 261. The molecule has 0 aliphatic carbocycles. The van der Waals surface area contributed by atoms with E-state index >= 15 is 0 Å². The Morgan fingerprint density at radius 3 is 2.50 bits per heavy atom. The van der Waals surface area contributed by atoms with Crippen LogP contribution in [0.1, 0.15) is 20.8 Å². The van der Waals surface area contributed by atoms with Gasteiger partial charge in [0.2, 0.25) is 0 Å². The van der Waals surface area contributed by atoms with E-state index in [0.717, 1.165) is 12.0 Å². The first kappa shape index (κ1) is 11.0. The summed E-state index contributed by atoms with van der Waals surface area (Å²) in [6, 6.07) is 5.99. The largest absolute Gasteiger partial charge is 0.336 e. The van der Waals surface area contributed by atoms with Crippen LogP contribution in [0.15, 0.2) is 29.4 Å². The minimum atomic E-state index is 0.845. The lowest BCUT2D eigenvalue weighted by Crippen LogP contribution is -2.15. The number of aromatic nitrogens is 1. The van der Waals surface area contributed by atoms with Crippen LogP contribution in [-0.4, -0.2) is 11.1 Å². The van der Waals surface area contributed by atoms with Gasteiger partial charge in [-0.25, -0.2) is 0 Å². The quantitative estimate of drug-likeness (QED) is 0.607. The molecule has 0 N–H and O–H groups in total. The number of nitrogens with zero attached hydrogens (tertiary/aromatic N) is 2. The van der Waals surface area contributed by atoms with Crippen molar-refractivity contribution >= 4 is 0 Å². The lowest BCUT2D eigenvalue weighted by molar-refractivity contribution is 0.811. The molecule has 1 rings (SSSR count). The zero-order valence-corrected chi connectivity index (χ0v) is 8.41. The maximum Gasteiger partial charge on any atom is 0.127 e. The molecule has 0 unspecified atom stereocenters. The molecule has 0 bridgehead atoms. The van der Waals surface area contributed by atoms with Gasteiger partial charge in [-0.2, -0.15) is 0 Å². The number of hydrogen-bond donors (Lipinski definition) is 0. The van der Waals surface area contributed by atoms with Crippen LogP contribution in [0, 0.1) is 0 Å². The Morgan fingerprint density at radius 1 is 1.33 bits per heavy atom. The van der Waals surface area contributed by atoms with Crippen molar-refractivity contribution < 1.29 is 0 Å². The van der Waals surface area contributed by atoms with Gasteiger partial charge in [-0.1, -0.05) is 19.9 Å². The lowest BCUT2D eigenvalue weighted by Gasteiger charge is -1.95. The second-order valence-corrected chi connectivity index (χ2v) is 2.14. The first-order valence-electron chi connectivity index (χ1n) is 4.46. The van der Waals surface area contributed by atoms with Crippen molar-refractivity contribution in [2.75, 3.05) is 6.54 Å². The predicted octanol–water partition coefficient (Wildman–Crippen LogP) is 1.97. The van der Waals surface area contributed by atoms with Gasteiger partial charge < -0.3 is 4.57 Å². The second kappa shape index (κ2) is 6.65. The summed E-state index contributed by atoms with van der Waals surface area (Å²) in [5.41, 5.74) is 1.03. The Balaban J connectivity index is 0.000000561. The van der Waals surface area contributed by atoms with E-state index in [2.05, 4.69) is 4.99 Å². The fourth-order valence-corrected chi connectivity index (χ4v) is 0.841. The van der Waals surface area contributed by atoms with Gasteiger partial charge in [-0.05, 0) is 19.1 Å². The summed E-state index contributed by atoms with van der Waals surface area (Å²) in [6.07, 6.45) is 1.99. The third-order valence-electron chi connectivity index (χ3n) is 1.35. The Labute approximate surface area is 74.6 Å². The molecule has 0 spiro atoms. The molecule has 68 valence electrons. The lowest BCUT2D eigenvalue weighted by atomic mass is 10.5. The highest BCUT2D eigenvalue weighted by molar-refractivity contribution is 4.91. The monoisotopic (exact) mass is 166 g/mol. The van der Waals surface area contributed by atoms with Crippen molar-refractivity contribution in [3.05, 3.63) is 29.9 Å². The standard InChI is InChI=1S/C8H12N2.C2H6/c1-3-9-8-6-4-5-7-10(8)2;1-2/h4-7H,3H2,1-2H3;1-2H3. The van der Waals surface area contributed by atoms with Crippen LogP contribution in [-0.2, 0) is 7.05 Å². The van der Waals surface area contributed by atoms with Crippen LogP contribution in [0.2, 0.25) is 0 Å². The van der Waals surface area contributed by atoms with Crippen LogP contribution in [0.5, 0.6) is 0 Å². The summed E-state index contributed by atoms with van der Waals surface area (Å²) >= 11 is 0. The van der Waals surface area contributed by atoms with E-state index in [-0.39, 0.29) is 0 Å². The Hall–Kier alpha value is -1.05. The topological polar surface area (TPSA) is 17.3 Å². The Kier molecular flexibility index (Phi) is 6.07. The zero-order valence-electron chi connectivity index (χ0n) is 8.41. The summed E-state index contributed by atoms with van der Waals surface area (Å²) in [4.78, 5) is 4.27. The van der Waals surface area contributed by atoms with Crippen LogP contribution >= 0.6 is 0 Å². The average Bonchev–Trinajstić information content (AvgIpc) is 2.13. The molecule has 0 saturated carbocycles. The molecule has 0 aliphatic rings. The van der Waals surface area contributed by atoms with E-state index in [4.69, 9.17) is 0 Å². The van der Waals surface area contributed by atoms with Gasteiger partial charge in [0.1, 0.15) is 5.49 Å². The van der Waals surface area contributed by atoms with Crippen LogP contribution in [0.25, 0.3) is 0 Å². The normalized spacial score (nSPS) is 10.5. The van der Waals surface area contributed by atoms with E-state index in [1.807, 2.05) is 56.8 Å². The fourth-order valence-electron chi connectivity index (χ4n) is 0.841. The van der Waals surface area contributed by atoms with Crippen LogP contribution in [0.4, 0.5) is 0 Å². The molecule has 2 nitrogen and oxygen atoms in total. The third kappa shape index (κ3) is 3.37. The molecule has 0 amide bonds. The SMILES string of the molecule is CC.CCN=c1ccccn1C. The number of pyridine rings is 1. The minimum Gasteiger partial charge on any atom is -0.336 e. The molecule has 1 aromatic heterocycles. The average molecular weight is 166 g/mol. The number of hydrogen-bond acceptors (Lipinski definition) is 1. The van der Waals surface area contributed by atoms with E-state index in [1.54, 1.807) is 0 Å². The molecule has 1 aromatic rings. The van der Waals surface area contributed by atoms with Crippen molar-refractivity contribution in [1.82, 2.24) is 4.57 Å². The smallest absolute Gasteiger partial charge is 0.127 e. The highest BCUT2D eigenvalue weighted by Crippen LogP contribution is 1.76. The highest BCUT2D eigenvalue weighted by Gasteiger charge is 1.80. The van der Waals surface area contributed by atoms with E-state index < -0.39 is 0 Å². The number of aryl methyl sites for hydroxylation is 1. The molecular formula is C10H18N2. The van der Waals surface area contributed by atoms with Gasteiger partial charge in [-0.15, -0.1) is 0 Å². The molecule has 0 saturated heterocycles. The first-order chi connectivity index (χ1) is 5.84. The van der Waals surface area contributed by atoms with Gasteiger partial charge in [-0.3, -0.25) is 4.99 Å². The molecule has 0 fully saturated rings. The van der Waals surface area contributed by atoms with Crippen molar-refractivity contribution in [3.63, 3.8) is 0 Å². The van der Waals surface area contributed by atoms with Crippen LogP contribution in [0.3, 0.4) is 0 Å². The molecule has 1 heterocycles. The van der Waals surface area contributed by atoms with Gasteiger partial charge >= 0.3 is 0 Å². The summed E-state index contributed by atoms with van der Waals surface area (Å²) in [5.74, 6) is 0. The molecule has 0 atom stereocenters. The van der Waals surface area contributed by atoms with E-state index in [1.165, 1.54) is 0 Å². The summed E-state index contributed by atoms with van der Waals surface area (Å²) in [6.45, 7) is 6.88. The maximum absolute atomic E-state index is 4.27. The predicted molar refractivity (Wildman–Crippen MR) is 52.9 cm³/mol.